The fourth-order valence-electron chi connectivity index (χ4n) is 3.55. The Balaban J connectivity index is 1.59. The Kier molecular flexibility index (Phi) is 7.23. The lowest BCUT2D eigenvalue weighted by Crippen LogP contribution is -2.13. The van der Waals surface area contributed by atoms with Crippen molar-refractivity contribution in [2.24, 2.45) is 11.8 Å². The summed E-state index contributed by atoms with van der Waals surface area (Å²) in [7, 11) is 0. The maximum atomic E-state index is 8.58. The Morgan fingerprint density at radius 2 is 1.73 bits per heavy atom. The number of hydrogen-bond donors (Lipinski definition) is 0. The quantitative estimate of drug-likeness (QED) is 0.457. The monoisotopic (exact) mass is 295 g/mol. The molecule has 0 saturated heterocycles. The summed E-state index contributed by atoms with van der Waals surface area (Å²) in [6, 6.07) is 11.2. The normalized spacial score (nSPS) is 21.8. The van der Waals surface area contributed by atoms with Gasteiger partial charge in [0.15, 0.2) is 0 Å². The number of allylic oxidation sites excluding steroid dienone is 2. The van der Waals surface area contributed by atoms with Crippen LogP contribution in [0.5, 0.6) is 0 Å². The third kappa shape index (κ3) is 5.68. The van der Waals surface area contributed by atoms with Crippen LogP contribution in [0.2, 0.25) is 0 Å². The average molecular weight is 295 g/mol. The number of unbranched alkanes of at least 4 members (excludes halogenated alkanes) is 1. The van der Waals surface area contributed by atoms with Gasteiger partial charge in [-0.3, -0.25) is 0 Å². The molecule has 0 aliphatic heterocycles. The molecule has 0 N–H and O–H groups in total. The lowest BCUT2D eigenvalue weighted by Gasteiger charge is -2.26. The molecular weight excluding hydrogens is 266 g/mol. The zero-order valence-electron chi connectivity index (χ0n) is 13.9. The fourth-order valence-corrected chi connectivity index (χ4v) is 3.55. The van der Waals surface area contributed by atoms with Crippen LogP contribution in [0.25, 0.3) is 0 Å². The number of aryl methyl sites for hydroxylation is 2. The molecule has 0 bridgehead atoms. The zero-order chi connectivity index (χ0) is 15.6. The van der Waals surface area contributed by atoms with Gasteiger partial charge in [-0.15, -0.1) is 0 Å². The molecule has 0 atom stereocenters. The summed E-state index contributed by atoms with van der Waals surface area (Å²) in [5.74, 6) is 1.59. The van der Waals surface area contributed by atoms with Gasteiger partial charge >= 0.3 is 0 Å². The zero-order valence-corrected chi connectivity index (χ0v) is 13.9. The van der Waals surface area contributed by atoms with Gasteiger partial charge in [0.25, 0.3) is 0 Å². The second-order valence-electron chi connectivity index (χ2n) is 6.68. The molecule has 1 nitrogen and oxygen atoms in total. The van der Waals surface area contributed by atoms with Crippen LogP contribution >= 0.6 is 0 Å². The van der Waals surface area contributed by atoms with Gasteiger partial charge in [0, 0.05) is 6.08 Å². The van der Waals surface area contributed by atoms with Crippen LogP contribution in [0.3, 0.4) is 0 Å². The summed E-state index contributed by atoms with van der Waals surface area (Å²) in [6.45, 7) is 2.21. The first-order chi connectivity index (χ1) is 10.8. The SMILES string of the molecule is CCc1ccc(CCCC[C@H]2CC[C@H](/C=C/C#N)CC2)cc1. The Morgan fingerprint density at radius 1 is 1.05 bits per heavy atom. The molecule has 2 rings (SSSR count). The van der Waals surface area contributed by atoms with Crippen LogP contribution in [0.4, 0.5) is 0 Å². The minimum absolute atomic E-state index is 0.660. The Hall–Kier alpha value is -1.55. The van der Waals surface area contributed by atoms with Gasteiger partial charge in [-0.05, 0) is 67.9 Å². The molecule has 0 radical (unpaired) electrons. The summed E-state index contributed by atoms with van der Waals surface area (Å²) >= 11 is 0. The Morgan fingerprint density at radius 3 is 2.36 bits per heavy atom. The first kappa shape index (κ1) is 16.8. The van der Waals surface area contributed by atoms with Crippen molar-refractivity contribution in [3.05, 3.63) is 47.5 Å². The largest absolute Gasteiger partial charge is 0.193 e. The molecule has 0 amide bonds. The molecular formula is C21H29N. The van der Waals surface area contributed by atoms with E-state index in [1.54, 1.807) is 6.08 Å². The van der Waals surface area contributed by atoms with E-state index < -0.39 is 0 Å². The molecule has 22 heavy (non-hydrogen) atoms. The first-order valence-corrected chi connectivity index (χ1v) is 8.96. The minimum Gasteiger partial charge on any atom is -0.193 e. The van der Waals surface area contributed by atoms with E-state index in [2.05, 4.69) is 43.3 Å². The van der Waals surface area contributed by atoms with Crippen molar-refractivity contribution in [2.75, 3.05) is 0 Å². The highest BCUT2D eigenvalue weighted by Crippen LogP contribution is 2.32. The molecule has 1 fully saturated rings. The van der Waals surface area contributed by atoms with Crippen LogP contribution in [0.1, 0.15) is 63.0 Å². The van der Waals surface area contributed by atoms with E-state index in [9.17, 15) is 0 Å². The lowest BCUT2D eigenvalue weighted by atomic mass is 9.79. The molecule has 0 heterocycles. The van der Waals surface area contributed by atoms with Gasteiger partial charge in [0.2, 0.25) is 0 Å². The summed E-state index contributed by atoms with van der Waals surface area (Å²) in [4.78, 5) is 0. The number of nitrogens with zero attached hydrogens (tertiary/aromatic N) is 1. The van der Waals surface area contributed by atoms with E-state index in [-0.39, 0.29) is 0 Å². The van der Waals surface area contributed by atoms with Crippen LogP contribution < -0.4 is 0 Å². The van der Waals surface area contributed by atoms with E-state index in [4.69, 9.17) is 5.26 Å². The van der Waals surface area contributed by atoms with Gasteiger partial charge < -0.3 is 0 Å². The fraction of sp³-hybridized carbons (Fsp3) is 0.571. The van der Waals surface area contributed by atoms with Crippen LogP contribution in [-0.2, 0) is 12.8 Å². The van der Waals surface area contributed by atoms with Gasteiger partial charge in [-0.2, -0.15) is 5.26 Å². The van der Waals surface area contributed by atoms with Crippen molar-refractivity contribution in [2.45, 2.75) is 64.7 Å². The van der Waals surface area contributed by atoms with Gasteiger partial charge in [0.05, 0.1) is 6.07 Å². The highest BCUT2D eigenvalue weighted by atomic mass is 14.3. The number of rotatable bonds is 7. The van der Waals surface area contributed by atoms with E-state index in [0.29, 0.717) is 5.92 Å². The molecule has 1 saturated carbocycles. The maximum Gasteiger partial charge on any atom is 0.0908 e. The third-order valence-electron chi connectivity index (χ3n) is 5.09. The van der Waals surface area contributed by atoms with Crippen LogP contribution in [0.15, 0.2) is 36.4 Å². The third-order valence-corrected chi connectivity index (χ3v) is 5.09. The molecule has 1 heteroatoms. The molecule has 0 spiro atoms. The Labute approximate surface area is 136 Å². The van der Waals surface area contributed by atoms with E-state index in [1.807, 2.05) is 0 Å². The number of hydrogen-bond acceptors (Lipinski definition) is 1. The lowest BCUT2D eigenvalue weighted by molar-refractivity contribution is 0.289. The maximum absolute atomic E-state index is 8.58. The number of benzene rings is 1. The molecule has 1 aromatic carbocycles. The molecule has 0 aromatic heterocycles. The van der Waals surface area contributed by atoms with Gasteiger partial charge in [-0.1, -0.05) is 50.1 Å². The van der Waals surface area contributed by atoms with Crippen molar-refractivity contribution in [3.8, 4) is 6.07 Å². The van der Waals surface area contributed by atoms with Crippen molar-refractivity contribution in [1.29, 1.82) is 5.26 Å². The Bertz CT molecular complexity index is 484. The van der Waals surface area contributed by atoms with Crippen molar-refractivity contribution in [1.82, 2.24) is 0 Å². The minimum atomic E-state index is 0.660. The van der Waals surface area contributed by atoms with E-state index in [0.717, 1.165) is 12.3 Å². The second kappa shape index (κ2) is 9.46. The van der Waals surface area contributed by atoms with Gasteiger partial charge in [0.1, 0.15) is 0 Å². The molecule has 0 unspecified atom stereocenters. The van der Waals surface area contributed by atoms with Crippen LogP contribution in [-0.4, -0.2) is 0 Å². The summed E-state index contributed by atoms with van der Waals surface area (Å²) < 4.78 is 0. The van der Waals surface area contributed by atoms with E-state index >= 15 is 0 Å². The van der Waals surface area contributed by atoms with Crippen molar-refractivity contribution in [3.63, 3.8) is 0 Å². The summed E-state index contributed by atoms with van der Waals surface area (Å²) in [5.41, 5.74) is 2.92. The first-order valence-electron chi connectivity index (χ1n) is 8.96. The predicted molar refractivity (Wildman–Crippen MR) is 93.6 cm³/mol. The molecule has 1 aliphatic rings. The standard InChI is InChI=1S/C21H29N/c1-2-18-9-11-19(12-10-18)6-3-4-7-20-13-15-21(16-14-20)8-5-17-22/h5,8-12,20-21H,2-4,6-7,13-16H2,1H3/b8-5+/t20-,21-. The summed E-state index contributed by atoms with van der Waals surface area (Å²) in [5, 5.41) is 8.58. The van der Waals surface area contributed by atoms with Crippen LogP contribution in [0, 0.1) is 23.2 Å². The smallest absolute Gasteiger partial charge is 0.0908 e. The van der Waals surface area contributed by atoms with Crippen molar-refractivity contribution < 1.29 is 0 Å². The molecule has 1 aliphatic carbocycles. The molecule has 118 valence electrons. The second-order valence-corrected chi connectivity index (χ2v) is 6.68. The van der Waals surface area contributed by atoms with Crippen molar-refractivity contribution >= 4 is 0 Å². The number of nitriles is 1. The topological polar surface area (TPSA) is 23.8 Å². The predicted octanol–water partition coefficient (Wildman–Crippen LogP) is 5.85. The highest BCUT2D eigenvalue weighted by molar-refractivity contribution is 5.22. The molecule has 1 aromatic rings. The van der Waals surface area contributed by atoms with Gasteiger partial charge in [-0.25, -0.2) is 0 Å². The van der Waals surface area contributed by atoms with E-state index in [1.165, 1.54) is 62.5 Å². The summed E-state index contributed by atoms with van der Waals surface area (Å²) in [6.07, 6.45) is 15.5. The highest BCUT2D eigenvalue weighted by Gasteiger charge is 2.18. The average Bonchev–Trinajstić information content (AvgIpc) is 2.58.